The van der Waals surface area contributed by atoms with Crippen LogP contribution < -0.4 is 0 Å². The zero-order valence-electron chi connectivity index (χ0n) is 10.1. The molecule has 10 heteroatoms. The summed E-state index contributed by atoms with van der Waals surface area (Å²) in [5, 5.41) is 29.7. The van der Waals surface area contributed by atoms with Crippen molar-refractivity contribution in [1.82, 2.24) is 0 Å². The molecule has 0 aliphatic carbocycles. The van der Waals surface area contributed by atoms with Gasteiger partial charge in [0, 0.05) is 61.3 Å². The molecular formula is C8H16MnNiO8. The van der Waals surface area contributed by atoms with E-state index in [1.807, 2.05) is 0 Å². The molecule has 0 bridgehead atoms. The molecule has 0 aromatic rings. The first kappa shape index (κ1) is 36.0. The van der Waals surface area contributed by atoms with Gasteiger partial charge in [0.1, 0.15) is 0 Å². The minimum atomic E-state index is -0.833. The monoisotopic (exact) mass is 353 g/mol. The van der Waals surface area contributed by atoms with Crippen LogP contribution in [0.15, 0.2) is 0 Å². The minimum Gasteiger partial charge on any atom is -0.481 e. The van der Waals surface area contributed by atoms with Crippen molar-refractivity contribution in [3.05, 3.63) is 0 Å². The van der Waals surface area contributed by atoms with E-state index >= 15 is 0 Å². The van der Waals surface area contributed by atoms with E-state index in [2.05, 4.69) is 0 Å². The fourth-order valence-corrected chi connectivity index (χ4v) is 0. The van der Waals surface area contributed by atoms with Crippen LogP contribution in [0.2, 0.25) is 0 Å². The van der Waals surface area contributed by atoms with Gasteiger partial charge >= 0.3 is 0 Å². The third-order valence-electron chi connectivity index (χ3n) is 0. The molecule has 0 aromatic heterocycles. The molecule has 0 atom stereocenters. The van der Waals surface area contributed by atoms with E-state index in [9.17, 15) is 0 Å². The molecule has 0 fully saturated rings. The fraction of sp³-hybridized carbons (Fsp3) is 0.500. The van der Waals surface area contributed by atoms with Gasteiger partial charge in [-0.3, -0.25) is 19.2 Å². The molecule has 0 saturated carbocycles. The van der Waals surface area contributed by atoms with Gasteiger partial charge in [0.05, 0.1) is 0 Å². The zero-order valence-corrected chi connectivity index (χ0v) is 12.3. The average molecular weight is 354 g/mol. The van der Waals surface area contributed by atoms with E-state index in [0.717, 1.165) is 27.7 Å². The molecule has 0 rings (SSSR count). The van der Waals surface area contributed by atoms with Crippen LogP contribution in [-0.4, -0.2) is 44.3 Å². The first-order valence-electron chi connectivity index (χ1n) is 3.71. The number of carboxylic acids is 4. The Balaban J connectivity index is -0.0000000257. The van der Waals surface area contributed by atoms with Gasteiger partial charge in [-0.05, 0) is 0 Å². The Morgan fingerprint density at radius 3 is 0.556 bits per heavy atom. The first-order valence-corrected chi connectivity index (χ1v) is 3.71. The Hall–Kier alpha value is -1.11. The van der Waals surface area contributed by atoms with Crippen LogP contribution in [0, 0.1) is 0 Å². The van der Waals surface area contributed by atoms with Crippen LogP contribution in [0.3, 0.4) is 0 Å². The Kier molecular flexibility index (Phi) is 59.4. The van der Waals surface area contributed by atoms with Crippen molar-refractivity contribution < 1.29 is 73.2 Å². The van der Waals surface area contributed by atoms with E-state index in [1.54, 1.807) is 0 Å². The van der Waals surface area contributed by atoms with Crippen LogP contribution in [0.4, 0.5) is 0 Å². The Bertz CT molecular complexity index is 167. The molecule has 0 saturated heterocycles. The molecule has 0 unspecified atom stereocenters. The Labute approximate surface area is 125 Å². The quantitative estimate of drug-likeness (QED) is 0.456. The van der Waals surface area contributed by atoms with Crippen molar-refractivity contribution in [2.45, 2.75) is 27.7 Å². The van der Waals surface area contributed by atoms with E-state index < -0.39 is 23.9 Å². The third kappa shape index (κ3) is 2350. The molecule has 0 spiro atoms. The second-order valence-electron chi connectivity index (χ2n) is 2.08. The van der Waals surface area contributed by atoms with E-state index in [0.29, 0.717) is 0 Å². The summed E-state index contributed by atoms with van der Waals surface area (Å²) in [5.41, 5.74) is 0. The summed E-state index contributed by atoms with van der Waals surface area (Å²) < 4.78 is 0. The molecule has 4 N–H and O–H groups in total. The van der Waals surface area contributed by atoms with Gasteiger partial charge < -0.3 is 20.4 Å². The summed E-state index contributed by atoms with van der Waals surface area (Å²) in [5.74, 6) is -3.33. The first-order chi connectivity index (χ1) is 6.93. The maximum atomic E-state index is 9.00. The molecule has 0 aliphatic heterocycles. The normalized spacial score (nSPS) is 5.56. The largest absolute Gasteiger partial charge is 0.481 e. The minimum absolute atomic E-state index is 0. The zero-order chi connectivity index (χ0) is 14.3. The standard InChI is InChI=1S/4C2H4O2.Mn.Ni/c4*1-2(3)4;;/h4*1H3,(H,3,4);;. The predicted molar refractivity (Wildman–Crippen MR) is 53.2 cm³/mol. The summed E-state index contributed by atoms with van der Waals surface area (Å²) in [4.78, 5) is 36.0. The predicted octanol–water partition coefficient (Wildman–Crippen LogP) is 0.359. The van der Waals surface area contributed by atoms with Gasteiger partial charge in [0.25, 0.3) is 23.9 Å². The smallest absolute Gasteiger partial charge is 0.300 e. The van der Waals surface area contributed by atoms with Gasteiger partial charge in [-0.25, -0.2) is 0 Å². The second kappa shape index (κ2) is 29.7. The molecule has 0 heterocycles. The topological polar surface area (TPSA) is 149 Å². The fourth-order valence-electron chi connectivity index (χ4n) is 0. The van der Waals surface area contributed by atoms with Gasteiger partial charge in [-0.2, -0.15) is 0 Å². The van der Waals surface area contributed by atoms with Crippen molar-refractivity contribution in [3.63, 3.8) is 0 Å². The van der Waals surface area contributed by atoms with Crippen LogP contribution >= 0.6 is 0 Å². The van der Waals surface area contributed by atoms with Crippen LogP contribution in [0.5, 0.6) is 0 Å². The summed E-state index contributed by atoms with van der Waals surface area (Å²) in [6, 6.07) is 0. The Morgan fingerprint density at radius 2 is 0.556 bits per heavy atom. The summed E-state index contributed by atoms with van der Waals surface area (Å²) in [6.07, 6.45) is 0. The Morgan fingerprint density at radius 1 is 0.556 bits per heavy atom. The van der Waals surface area contributed by atoms with E-state index in [1.165, 1.54) is 0 Å². The number of hydrogen-bond acceptors (Lipinski definition) is 4. The van der Waals surface area contributed by atoms with Crippen LogP contribution in [0.1, 0.15) is 27.7 Å². The SMILES string of the molecule is CC(=O)O.CC(=O)O.CC(=O)O.CC(=O)O.[Mn].[Ni]. The second-order valence-corrected chi connectivity index (χ2v) is 2.08. The van der Waals surface area contributed by atoms with Gasteiger partial charge in [0.15, 0.2) is 0 Å². The number of carboxylic acid groups (broad SMARTS) is 4. The molecule has 0 amide bonds. The average Bonchev–Trinajstić information content (AvgIpc) is 1.76. The van der Waals surface area contributed by atoms with Gasteiger partial charge in [0.2, 0.25) is 0 Å². The molecular weight excluding hydrogens is 338 g/mol. The van der Waals surface area contributed by atoms with Crippen molar-refractivity contribution >= 4 is 23.9 Å². The van der Waals surface area contributed by atoms with Crippen LogP contribution in [0.25, 0.3) is 0 Å². The molecule has 113 valence electrons. The maximum Gasteiger partial charge on any atom is 0.300 e. The van der Waals surface area contributed by atoms with Crippen molar-refractivity contribution in [1.29, 1.82) is 0 Å². The van der Waals surface area contributed by atoms with Gasteiger partial charge in [-0.15, -0.1) is 0 Å². The number of aliphatic carboxylic acids is 4. The number of hydrogen-bond donors (Lipinski definition) is 4. The number of carbonyl (C=O) groups is 4. The molecule has 0 aromatic carbocycles. The van der Waals surface area contributed by atoms with Gasteiger partial charge in [-0.1, -0.05) is 0 Å². The molecule has 1 radical (unpaired) electrons. The van der Waals surface area contributed by atoms with E-state index in [-0.39, 0.29) is 33.6 Å². The summed E-state index contributed by atoms with van der Waals surface area (Å²) >= 11 is 0. The summed E-state index contributed by atoms with van der Waals surface area (Å²) in [7, 11) is 0. The molecule has 18 heavy (non-hydrogen) atoms. The molecule has 8 nitrogen and oxygen atoms in total. The maximum absolute atomic E-state index is 9.00. The third-order valence-corrected chi connectivity index (χ3v) is 0. The van der Waals surface area contributed by atoms with Crippen molar-refractivity contribution in [2.24, 2.45) is 0 Å². The molecule has 0 aliphatic rings. The van der Waals surface area contributed by atoms with E-state index in [4.69, 9.17) is 39.6 Å². The number of rotatable bonds is 0. The van der Waals surface area contributed by atoms with Crippen molar-refractivity contribution in [2.75, 3.05) is 0 Å². The summed E-state index contributed by atoms with van der Waals surface area (Å²) in [6.45, 7) is 4.33. The van der Waals surface area contributed by atoms with Crippen molar-refractivity contribution in [3.8, 4) is 0 Å². The van der Waals surface area contributed by atoms with Crippen LogP contribution in [-0.2, 0) is 52.7 Å².